The Morgan fingerprint density at radius 3 is 2.73 bits per heavy atom. The van der Waals surface area contributed by atoms with Crippen LogP contribution < -0.4 is 5.48 Å². The van der Waals surface area contributed by atoms with Gasteiger partial charge in [0.05, 0.1) is 6.61 Å². The normalized spacial score (nSPS) is 12.6. The zero-order valence-electron chi connectivity index (χ0n) is 7.22. The summed E-state index contributed by atoms with van der Waals surface area (Å²) in [5.74, 6) is -0.332. The van der Waals surface area contributed by atoms with Crippen LogP contribution in [-0.2, 0) is 14.4 Å². The zero-order chi connectivity index (χ0) is 8.69. The molecule has 0 fully saturated rings. The van der Waals surface area contributed by atoms with Crippen molar-refractivity contribution in [2.75, 3.05) is 13.7 Å². The number of ether oxygens (including phenoxy) is 1. The van der Waals surface area contributed by atoms with Crippen LogP contribution in [0.5, 0.6) is 0 Å². The van der Waals surface area contributed by atoms with Crippen LogP contribution in [0.1, 0.15) is 20.3 Å². The number of hydrogen-bond donors (Lipinski definition) is 1. The Balaban J connectivity index is 3.47. The standard InChI is InChI=1S/C7H15NO3/c1-4-5-10-7(9)6(2)11-8-3/h6,8H,4-5H2,1-3H3. The first-order chi connectivity index (χ1) is 5.22. The van der Waals surface area contributed by atoms with E-state index in [1.807, 2.05) is 6.92 Å². The third kappa shape index (κ3) is 4.75. The minimum atomic E-state index is -0.536. The summed E-state index contributed by atoms with van der Waals surface area (Å²) < 4.78 is 4.80. The highest BCUT2D eigenvalue weighted by Crippen LogP contribution is 1.92. The van der Waals surface area contributed by atoms with E-state index in [2.05, 4.69) is 5.48 Å². The molecule has 0 amide bonds. The Morgan fingerprint density at radius 2 is 2.27 bits per heavy atom. The highest BCUT2D eigenvalue weighted by atomic mass is 16.7. The largest absolute Gasteiger partial charge is 0.464 e. The second-order valence-electron chi connectivity index (χ2n) is 2.13. The fourth-order valence-electron chi connectivity index (χ4n) is 0.545. The maximum atomic E-state index is 10.9. The molecule has 0 rings (SSSR count). The highest BCUT2D eigenvalue weighted by molar-refractivity contribution is 5.74. The van der Waals surface area contributed by atoms with Gasteiger partial charge in [-0.25, -0.2) is 10.3 Å². The molecule has 0 aromatic rings. The van der Waals surface area contributed by atoms with E-state index < -0.39 is 6.10 Å². The molecule has 0 aromatic heterocycles. The van der Waals surface area contributed by atoms with E-state index in [1.54, 1.807) is 14.0 Å². The van der Waals surface area contributed by atoms with Gasteiger partial charge in [-0.15, -0.1) is 0 Å². The van der Waals surface area contributed by atoms with E-state index >= 15 is 0 Å². The van der Waals surface area contributed by atoms with E-state index in [0.29, 0.717) is 6.61 Å². The molecule has 0 saturated carbocycles. The maximum absolute atomic E-state index is 10.9. The molecule has 1 unspecified atom stereocenters. The molecular formula is C7H15NO3. The maximum Gasteiger partial charge on any atom is 0.337 e. The Morgan fingerprint density at radius 1 is 1.64 bits per heavy atom. The predicted octanol–water partition coefficient (Wildman–Crippen LogP) is 0.479. The van der Waals surface area contributed by atoms with Gasteiger partial charge in [0.15, 0.2) is 6.10 Å². The number of esters is 1. The summed E-state index contributed by atoms with van der Waals surface area (Å²) in [6.07, 6.45) is 0.296. The topological polar surface area (TPSA) is 47.6 Å². The molecule has 0 aliphatic rings. The van der Waals surface area contributed by atoms with Crippen molar-refractivity contribution >= 4 is 5.97 Å². The van der Waals surface area contributed by atoms with Gasteiger partial charge in [-0.3, -0.25) is 4.84 Å². The van der Waals surface area contributed by atoms with Crippen molar-refractivity contribution in [2.24, 2.45) is 0 Å². The summed E-state index contributed by atoms with van der Waals surface area (Å²) in [6.45, 7) is 4.03. The first-order valence-corrected chi connectivity index (χ1v) is 3.71. The monoisotopic (exact) mass is 161 g/mol. The van der Waals surface area contributed by atoms with Crippen molar-refractivity contribution in [3.8, 4) is 0 Å². The van der Waals surface area contributed by atoms with Crippen molar-refractivity contribution in [2.45, 2.75) is 26.4 Å². The van der Waals surface area contributed by atoms with Crippen LogP contribution in [0, 0.1) is 0 Å². The van der Waals surface area contributed by atoms with Gasteiger partial charge in [0.2, 0.25) is 0 Å². The lowest BCUT2D eigenvalue weighted by Gasteiger charge is -2.09. The van der Waals surface area contributed by atoms with Crippen molar-refractivity contribution in [3.63, 3.8) is 0 Å². The Labute approximate surface area is 66.8 Å². The van der Waals surface area contributed by atoms with Gasteiger partial charge in [0.1, 0.15) is 0 Å². The van der Waals surface area contributed by atoms with Crippen LogP contribution in [0.4, 0.5) is 0 Å². The molecule has 4 nitrogen and oxygen atoms in total. The van der Waals surface area contributed by atoms with Gasteiger partial charge in [-0.1, -0.05) is 6.92 Å². The summed E-state index contributed by atoms with van der Waals surface area (Å²) in [7, 11) is 1.60. The number of nitrogens with one attached hydrogen (secondary N) is 1. The molecule has 0 aliphatic heterocycles. The highest BCUT2D eigenvalue weighted by Gasteiger charge is 2.13. The van der Waals surface area contributed by atoms with Crippen LogP contribution in [-0.4, -0.2) is 25.7 Å². The Kier molecular flexibility index (Phi) is 5.78. The Hall–Kier alpha value is -0.610. The van der Waals surface area contributed by atoms with E-state index in [-0.39, 0.29) is 5.97 Å². The molecule has 11 heavy (non-hydrogen) atoms. The SMILES string of the molecule is CCCOC(=O)C(C)ONC. The predicted molar refractivity (Wildman–Crippen MR) is 40.9 cm³/mol. The summed E-state index contributed by atoms with van der Waals surface area (Å²) in [4.78, 5) is 15.7. The lowest BCUT2D eigenvalue weighted by molar-refractivity contribution is -0.160. The first-order valence-electron chi connectivity index (χ1n) is 3.71. The average molecular weight is 161 g/mol. The number of carbonyl (C=O) groups is 1. The van der Waals surface area contributed by atoms with E-state index in [4.69, 9.17) is 9.57 Å². The van der Waals surface area contributed by atoms with Crippen LogP contribution in [0.3, 0.4) is 0 Å². The molecular weight excluding hydrogens is 146 g/mol. The van der Waals surface area contributed by atoms with E-state index in [1.165, 1.54) is 0 Å². The van der Waals surface area contributed by atoms with Crippen LogP contribution in [0.15, 0.2) is 0 Å². The van der Waals surface area contributed by atoms with Gasteiger partial charge in [-0.2, -0.15) is 0 Å². The van der Waals surface area contributed by atoms with Gasteiger partial charge in [0, 0.05) is 7.05 Å². The van der Waals surface area contributed by atoms with Crippen LogP contribution in [0.2, 0.25) is 0 Å². The second-order valence-corrected chi connectivity index (χ2v) is 2.13. The summed E-state index contributed by atoms with van der Waals surface area (Å²) in [5, 5.41) is 0. The van der Waals surface area contributed by atoms with E-state index in [9.17, 15) is 4.79 Å². The van der Waals surface area contributed by atoms with Gasteiger partial charge >= 0.3 is 5.97 Å². The summed E-state index contributed by atoms with van der Waals surface area (Å²) >= 11 is 0. The second kappa shape index (κ2) is 6.12. The van der Waals surface area contributed by atoms with Crippen molar-refractivity contribution in [1.29, 1.82) is 0 Å². The Bertz CT molecular complexity index is 116. The lowest BCUT2D eigenvalue weighted by atomic mass is 10.4. The average Bonchev–Trinajstić information content (AvgIpc) is 2.00. The summed E-state index contributed by atoms with van der Waals surface area (Å²) in [6, 6.07) is 0. The fourth-order valence-corrected chi connectivity index (χ4v) is 0.545. The summed E-state index contributed by atoms with van der Waals surface area (Å²) in [5.41, 5.74) is 2.42. The molecule has 4 heteroatoms. The molecule has 0 bridgehead atoms. The van der Waals surface area contributed by atoms with Gasteiger partial charge in [0.25, 0.3) is 0 Å². The minimum Gasteiger partial charge on any atom is -0.464 e. The quantitative estimate of drug-likeness (QED) is 0.470. The third-order valence-corrected chi connectivity index (χ3v) is 1.08. The fraction of sp³-hybridized carbons (Fsp3) is 0.857. The molecule has 1 N–H and O–H groups in total. The van der Waals surface area contributed by atoms with Crippen molar-refractivity contribution < 1.29 is 14.4 Å². The van der Waals surface area contributed by atoms with Crippen LogP contribution >= 0.6 is 0 Å². The molecule has 0 heterocycles. The van der Waals surface area contributed by atoms with Gasteiger partial charge in [-0.05, 0) is 13.3 Å². The number of rotatable bonds is 5. The molecule has 0 spiro atoms. The molecule has 66 valence electrons. The molecule has 0 radical (unpaired) electrons. The molecule has 0 saturated heterocycles. The molecule has 1 atom stereocenters. The number of hydrogen-bond acceptors (Lipinski definition) is 4. The zero-order valence-corrected chi connectivity index (χ0v) is 7.22. The van der Waals surface area contributed by atoms with Crippen LogP contribution in [0.25, 0.3) is 0 Å². The van der Waals surface area contributed by atoms with Crippen molar-refractivity contribution in [1.82, 2.24) is 5.48 Å². The lowest BCUT2D eigenvalue weighted by Crippen LogP contribution is -2.28. The van der Waals surface area contributed by atoms with E-state index in [0.717, 1.165) is 6.42 Å². The van der Waals surface area contributed by atoms with Crippen molar-refractivity contribution in [3.05, 3.63) is 0 Å². The smallest absolute Gasteiger partial charge is 0.337 e. The molecule has 0 aromatic carbocycles. The first kappa shape index (κ1) is 10.4. The minimum absolute atomic E-state index is 0.332. The number of carbonyl (C=O) groups excluding carboxylic acids is 1. The molecule has 0 aliphatic carbocycles. The van der Waals surface area contributed by atoms with Gasteiger partial charge < -0.3 is 4.74 Å². The number of hydroxylamine groups is 1. The third-order valence-electron chi connectivity index (χ3n) is 1.08.